The maximum Gasteiger partial charge on any atom is 0.0126 e. The van der Waals surface area contributed by atoms with Crippen molar-refractivity contribution < 1.29 is 0 Å². The van der Waals surface area contributed by atoms with E-state index in [-0.39, 0.29) is 0 Å². The van der Waals surface area contributed by atoms with Crippen LogP contribution in [0.2, 0.25) is 0 Å². The van der Waals surface area contributed by atoms with E-state index in [9.17, 15) is 0 Å². The summed E-state index contributed by atoms with van der Waals surface area (Å²) < 4.78 is 0. The van der Waals surface area contributed by atoms with Crippen molar-refractivity contribution in [1.29, 1.82) is 0 Å². The van der Waals surface area contributed by atoms with Crippen molar-refractivity contribution in [3.05, 3.63) is 0 Å². The van der Waals surface area contributed by atoms with Crippen molar-refractivity contribution in [1.82, 2.24) is 15.1 Å². The summed E-state index contributed by atoms with van der Waals surface area (Å²) in [6, 6.07) is 0. The van der Waals surface area contributed by atoms with Gasteiger partial charge in [-0.1, -0.05) is 26.7 Å². The van der Waals surface area contributed by atoms with Gasteiger partial charge in [-0.25, -0.2) is 0 Å². The highest BCUT2D eigenvalue weighted by Crippen LogP contribution is 2.16. The maximum atomic E-state index is 3.53. The van der Waals surface area contributed by atoms with Crippen molar-refractivity contribution in [3.63, 3.8) is 0 Å². The maximum absolute atomic E-state index is 3.53. The molecule has 0 aromatic rings. The highest BCUT2D eigenvalue weighted by molar-refractivity contribution is 4.81. The second-order valence-corrected chi connectivity index (χ2v) is 8.01. The van der Waals surface area contributed by atoms with E-state index < -0.39 is 0 Å². The number of nitrogens with one attached hydrogen (secondary N) is 1. The molecule has 0 saturated carbocycles. The first-order valence-electron chi connectivity index (χ1n) is 9.07. The first kappa shape index (κ1) is 18.9. The first-order chi connectivity index (χ1) is 9.89. The minimum atomic E-state index is 0.342. The van der Waals surface area contributed by atoms with Crippen LogP contribution >= 0.6 is 0 Å². The Bertz CT molecular complexity index is 250. The zero-order chi connectivity index (χ0) is 15.7. The van der Waals surface area contributed by atoms with Crippen LogP contribution in [0.5, 0.6) is 0 Å². The largest absolute Gasteiger partial charge is 0.316 e. The summed E-state index contributed by atoms with van der Waals surface area (Å²) in [5, 5.41) is 3.53. The predicted octanol–water partition coefficient (Wildman–Crippen LogP) is 3.21. The standard InChI is InChI=1S/C18H39N3/c1-17(2)16-19-10-8-6-7-9-11-20-12-14-21(15-13-20)18(3,4)5/h17,19H,6-16H2,1-5H3. The molecule has 1 N–H and O–H groups in total. The molecule has 0 aliphatic carbocycles. The SMILES string of the molecule is CC(C)CNCCCCCCN1CCN(C(C)(C)C)CC1. The lowest BCUT2D eigenvalue weighted by Crippen LogP contribution is -2.53. The molecule has 3 nitrogen and oxygen atoms in total. The fourth-order valence-corrected chi connectivity index (χ4v) is 2.97. The van der Waals surface area contributed by atoms with Gasteiger partial charge in [0, 0.05) is 31.7 Å². The molecule has 0 aromatic heterocycles. The van der Waals surface area contributed by atoms with Crippen LogP contribution in [0.1, 0.15) is 60.3 Å². The molecule has 1 rings (SSSR count). The molecule has 1 heterocycles. The van der Waals surface area contributed by atoms with Crippen LogP contribution in [0.15, 0.2) is 0 Å². The van der Waals surface area contributed by atoms with Gasteiger partial charge in [-0.05, 0) is 59.2 Å². The Morgan fingerprint density at radius 1 is 0.905 bits per heavy atom. The Kier molecular flexibility index (Phi) is 8.84. The van der Waals surface area contributed by atoms with Gasteiger partial charge >= 0.3 is 0 Å². The average molecular weight is 298 g/mol. The molecule has 0 aromatic carbocycles. The number of hydrogen-bond donors (Lipinski definition) is 1. The third kappa shape index (κ3) is 8.80. The molecular weight excluding hydrogens is 258 g/mol. The van der Waals surface area contributed by atoms with Crippen molar-refractivity contribution >= 4 is 0 Å². The van der Waals surface area contributed by atoms with E-state index in [1.165, 1.54) is 65.0 Å². The van der Waals surface area contributed by atoms with Gasteiger partial charge in [0.1, 0.15) is 0 Å². The molecule has 0 spiro atoms. The third-order valence-electron chi connectivity index (χ3n) is 4.45. The van der Waals surface area contributed by atoms with E-state index in [2.05, 4.69) is 49.7 Å². The molecule has 1 saturated heterocycles. The molecule has 0 amide bonds. The summed E-state index contributed by atoms with van der Waals surface area (Å²) in [6.45, 7) is 20.2. The van der Waals surface area contributed by atoms with Crippen LogP contribution in [-0.4, -0.2) is 61.2 Å². The number of rotatable bonds is 9. The molecule has 3 heteroatoms. The highest BCUT2D eigenvalue weighted by Gasteiger charge is 2.25. The van der Waals surface area contributed by atoms with E-state index in [0.717, 1.165) is 12.5 Å². The molecular formula is C18H39N3. The van der Waals surface area contributed by atoms with Crippen LogP contribution in [0.4, 0.5) is 0 Å². The summed E-state index contributed by atoms with van der Waals surface area (Å²) in [6.07, 6.45) is 5.49. The summed E-state index contributed by atoms with van der Waals surface area (Å²) >= 11 is 0. The van der Waals surface area contributed by atoms with Gasteiger partial charge in [-0.15, -0.1) is 0 Å². The van der Waals surface area contributed by atoms with Crippen LogP contribution in [0, 0.1) is 5.92 Å². The van der Waals surface area contributed by atoms with Gasteiger partial charge in [0.05, 0.1) is 0 Å². The Labute approximate surface area is 133 Å². The van der Waals surface area contributed by atoms with Gasteiger partial charge in [0.2, 0.25) is 0 Å². The number of nitrogens with zero attached hydrogens (tertiary/aromatic N) is 2. The molecule has 1 aliphatic heterocycles. The summed E-state index contributed by atoms with van der Waals surface area (Å²) in [4.78, 5) is 5.27. The summed E-state index contributed by atoms with van der Waals surface area (Å²) in [5.41, 5.74) is 0.342. The van der Waals surface area contributed by atoms with Crippen molar-refractivity contribution in [2.24, 2.45) is 5.92 Å². The minimum Gasteiger partial charge on any atom is -0.316 e. The zero-order valence-corrected chi connectivity index (χ0v) is 15.2. The van der Waals surface area contributed by atoms with Gasteiger partial charge in [0.15, 0.2) is 0 Å². The summed E-state index contributed by atoms with van der Waals surface area (Å²) in [7, 11) is 0. The van der Waals surface area contributed by atoms with Gasteiger partial charge < -0.3 is 10.2 Å². The monoisotopic (exact) mass is 297 g/mol. The zero-order valence-electron chi connectivity index (χ0n) is 15.2. The van der Waals surface area contributed by atoms with E-state index >= 15 is 0 Å². The molecule has 1 fully saturated rings. The van der Waals surface area contributed by atoms with Crippen LogP contribution in [0.25, 0.3) is 0 Å². The van der Waals surface area contributed by atoms with Crippen LogP contribution < -0.4 is 5.32 Å². The lowest BCUT2D eigenvalue weighted by Gasteiger charge is -2.42. The third-order valence-corrected chi connectivity index (χ3v) is 4.45. The highest BCUT2D eigenvalue weighted by atomic mass is 15.3. The Hall–Kier alpha value is -0.120. The lowest BCUT2D eigenvalue weighted by atomic mass is 10.0. The summed E-state index contributed by atoms with van der Waals surface area (Å²) in [5.74, 6) is 0.775. The van der Waals surface area contributed by atoms with Crippen LogP contribution in [0.3, 0.4) is 0 Å². The molecule has 126 valence electrons. The Morgan fingerprint density at radius 2 is 1.52 bits per heavy atom. The predicted molar refractivity (Wildman–Crippen MR) is 93.9 cm³/mol. The van der Waals surface area contributed by atoms with Crippen molar-refractivity contribution in [3.8, 4) is 0 Å². The molecule has 0 radical (unpaired) electrons. The van der Waals surface area contributed by atoms with E-state index in [4.69, 9.17) is 0 Å². The lowest BCUT2D eigenvalue weighted by molar-refractivity contribution is 0.0616. The Morgan fingerprint density at radius 3 is 2.10 bits per heavy atom. The molecule has 21 heavy (non-hydrogen) atoms. The molecule has 0 atom stereocenters. The van der Waals surface area contributed by atoms with Gasteiger partial charge in [-0.2, -0.15) is 0 Å². The van der Waals surface area contributed by atoms with E-state index in [1.54, 1.807) is 0 Å². The molecule has 1 aliphatic rings. The van der Waals surface area contributed by atoms with Crippen LogP contribution in [-0.2, 0) is 0 Å². The normalized spacial score (nSPS) is 18.6. The second-order valence-electron chi connectivity index (χ2n) is 8.01. The fraction of sp³-hybridized carbons (Fsp3) is 1.00. The van der Waals surface area contributed by atoms with Crippen molar-refractivity contribution in [2.75, 3.05) is 45.8 Å². The van der Waals surface area contributed by atoms with Crippen molar-refractivity contribution in [2.45, 2.75) is 65.8 Å². The van der Waals surface area contributed by atoms with Gasteiger partial charge in [0.25, 0.3) is 0 Å². The van der Waals surface area contributed by atoms with Gasteiger partial charge in [-0.3, -0.25) is 4.90 Å². The average Bonchev–Trinajstić information content (AvgIpc) is 2.41. The van der Waals surface area contributed by atoms with E-state index in [0.29, 0.717) is 5.54 Å². The molecule has 0 bridgehead atoms. The topological polar surface area (TPSA) is 18.5 Å². The first-order valence-corrected chi connectivity index (χ1v) is 9.07. The molecule has 0 unspecified atom stereocenters. The number of hydrogen-bond acceptors (Lipinski definition) is 3. The number of unbranched alkanes of at least 4 members (excludes halogenated alkanes) is 3. The van der Waals surface area contributed by atoms with E-state index in [1.807, 2.05) is 0 Å². The smallest absolute Gasteiger partial charge is 0.0126 e. The fourth-order valence-electron chi connectivity index (χ4n) is 2.97. The minimum absolute atomic E-state index is 0.342. The number of piperazine rings is 1. The Balaban J connectivity index is 1.93. The quantitative estimate of drug-likeness (QED) is 0.659. The second kappa shape index (κ2) is 9.81.